The minimum Gasteiger partial charge on any atom is -0.359 e. The van der Waals surface area contributed by atoms with E-state index in [0.29, 0.717) is 6.54 Å². The Morgan fingerprint density at radius 2 is 2.15 bits per heavy atom. The van der Waals surface area contributed by atoms with E-state index >= 15 is 0 Å². The normalized spacial score (nSPS) is 12.3. The fourth-order valence-electron chi connectivity index (χ4n) is 2.45. The molecule has 0 saturated carbocycles. The highest BCUT2D eigenvalue weighted by molar-refractivity contribution is 5.78. The molecule has 6 nitrogen and oxygen atoms in total. The fraction of sp³-hybridized carbons (Fsp3) is 0.714. The summed E-state index contributed by atoms with van der Waals surface area (Å²) in [5, 5.41) is 10.5. The first kappa shape index (κ1) is 16.5. The van der Waals surface area contributed by atoms with Crippen LogP contribution in [0.5, 0.6) is 0 Å². The van der Waals surface area contributed by atoms with E-state index in [1.165, 1.54) is 5.56 Å². The Bertz CT molecular complexity index is 455. The van der Waals surface area contributed by atoms with Gasteiger partial charge in [-0.15, -0.1) is 0 Å². The topological polar surface area (TPSA) is 62.2 Å². The number of hydrogen-bond acceptors (Lipinski definition) is 4. The van der Waals surface area contributed by atoms with Crippen LogP contribution < -0.4 is 15.5 Å². The molecule has 6 heteroatoms. The number of amides is 1. The maximum absolute atomic E-state index is 11.7. The quantitative estimate of drug-likeness (QED) is 0.770. The highest BCUT2D eigenvalue weighted by atomic mass is 16.1. The highest BCUT2D eigenvalue weighted by Gasteiger charge is 2.20. The molecule has 0 radical (unpaired) electrons. The average Bonchev–Trinajstić information content (AvgIpc) is 2.69. The molecule has 1 amide bonds. The largest absolute Gasteiger partial charge is 0.359 e. The third-order valence-electron chi connectivity index (χ3n) is 3.47. The van der Waals surface area contributed by atoms with Crippen LogP contribution in [0.25, 0.3) is 0 Å². The van der Waals surface area contributed by atoms with Crippen LogP contribution in [-0.4, -0.2) is 42.9 Å². The number of aromatic nitrogens is 2. The van der Waals surface area contributed by atoms with Crippen molar-refractivity contribution >= 4 is 11.7 Å². The third-order valence-corrected chi connectivity index (χ3v) is 3.47. The van der Waals surface area contributed by atoms with Crippen LogP contribution in [0.1, 0.15) is 25.1 Å². The summed E-state index contributed by atoms with van der Waals surface area (Å²) in [6.07, 6.45) is 0. The molecule has 0 fully saturated rings. The molecule has 114 valence electrons. The summed E-state index contributed by atoms with van der Waals surface area (Å²) in [5.41, 5.74) is 2.23. The summed E-state index contributed by atoms with van der Waals surface area (Å²) < 4.78 is 1.89. The Labute approximate surface area is 121 Å². The first-order valence-corrected chi connectivity index (χ1v) is 7.08. The van der Waals surface area contributed by atoms with Gasteiger partial charge in [0.15, 0.2) is 0 Å². The SMILES string of the molecule is CCNCc1c(C)nn(C)c1N(C)CC(C)C(=O)NC. The van der Waals surface area contributed by atoms with Gasteiger partial charge in [-0.3, -0.25) is 9.48 Å². The van der Waals surface area contributed by atoms with Gasteiger partial charge in [-0.1, -0.05) is 13.8 Å². The maximum atomic E-state index is 11.7. The molecule has 0 aromatic carbocycles. The number of aryl methyl sites for hydroxylation is 2. The molecular formula is C14H27N5O. The van der Waals surface area contributed by atoms with E-state index in [4.69, 9.17) is 0 Å². The van der Waals surface area contributed by atoms with Crippen LogP contribution in [0.3, 0.4) is 0 Å². The zero-order valence-electron chi connectivity index (χ0n) is 13.4. The maximum Gasteiger partial charge on any atom is 0.224 e. The Hall–Kier alpha value is -1.56. The molecule has 1 atom stereocenters. The third kappa shape index (κ3) is 3.72. The van der Waals surface area contributed by atoms with E-state index in [9.17, 15) is 4.79 Å². The monoisotopic (exact) mass is 281 g/mol. The van der Waals surface area contributed by atoms with Crippen LogP contribution in [0.4, 0.5) is 5.82 Å². The van der Waals surface area contributed by atoms with Crippen molar-refractivity contribution in [2.75, 3.05) is 32.1 Å². The molecule has 1 aromatic heterocycles. The van der Waals surface area contributed by atoms with Crippen LogP contribution >= 0.6 is 0 Å². The highest BCUT2D eigenvalue weighted by Crippen LogP contribution is 2.22. The van der Waals surface area contributed by atoms with Gasteiger partial charge < -0.3 is 15.5 Å². The Morgan fingerprint density at radius 3 is 2.70 bits per heavy atom. The molecule has 0 bridgehead atoms. The predicted molar refractivity (Wildman–Crippen MR) is 81.8 cm³/mol. The van der Waals surface area contributed by atoms with E-state index < -0.39 is 0 Å². The van der Waals surface area contributed by atoms with Gasteiger partial charge in [0, 0.05) is 39.8 Å². The second-order valence-electron chi connectivity index (χ2n) is 5.19. The summed E-state index contributed by atoms with van der Waals surface area (Å²) in [4.78, 5) is 13.8. The molecule has 0 aliphatic carbocycles. The number of anilines is 1. The lowest BCUT2D eigenvalue weighted by Crippen LogP contribution is -2.35. The first-order chi connectivity index (χ1) is 9.42. The Morgan fingerprint density at radius 1 is 1.50 bits per heavy atom. The molecule has 0 spiro atoms. The molecule has 1 unspecified atom stereocenters. The van der Waals surface area contributed by atoms with E-state index in [2.05, 4.69) is 27.6 Å². The number of nitrogens with zero attached hydrogens (tertiary/aromatic N) is 3. The molecule has 1 rings (SSSR count). The van der Waals surface area contributed by atoms with Crippen molar-refractivity contribution in [2.45, 2.75) is 27.3 Å². The van der Waals surface area contributed by atoms with Crippen molar-refractivity contribution in [1.82, 2.24) is 20.4 Å². The summed E-state index contributed by atoms with van der Waals surface area (Å²) in [7, 11) is 5.62. The Kier molecular flexibility index (Phi) is 6.01. The van der Waals surface area contributed by atoms with Crippen molar-refractivity contribution in [1.29, 1.82) is 0 Å². The second kappa shape index (κ2) is 7.28. The molecule has 0 aliphatic heterocycles. The van der Waals surface area contributed by atoms with Crippen LogP contribution in [0.15, 0.2) is 0 Å². The summed E-state index contributed by atoms with van der Waals surface area (Å²) in [6, 6.07) is 0. The summed E-state index contributed by atoms with van der Waals surface area (Å²) in [5.74, 6) is 1.07. The van der Waals surface area contributed by atoms with E-state index in [-0.39, 0.29) is 11.8 Å². The predicted octanol–water partition coefficient (Wildman–Crippen LogP) is 0.656. The summed E-state index contributed by atoms with van der Waals surface area (Å²) in [6.45, 7) is 8.42. The molecular weight excluding hydrogens is 254 g/mol. The number of rotatable bonds is 7. The fourth-order valence-corrected chi connectivity index (χ4v) is 2.45. The molecule has 20 heavy (non-hydrogen) atoms. The zero-order chi connectivity index (χ0) is 15.3. The van der Waals surface area contributed by atoms with Crippen molar-refractivity contribution in [3.05, 3.63) is 11.3 Å². The lowest BCUT2D eigenvalue weighted by Gasteiger charge is -2.24. The van der Waals surface area contributed by atoms with Gasteiger partial charge >= 0.3 is 0 Å². The molecule has 1 aromatic rings. The molecule has 0 saturated heterocycles. The first-order valence-electron chi connectivity index (χ1n) is 7.08. The van der Waals surface area contributed by atoms with Crippen molar-refractivity contribution in [3.63, 3.8) is 0 Å². The van der Waals surface area contributed by atoms with Gasteiger partial charge in [-0.25, -0.2) is 0 Å². The van der Waals surface area contributed by atoms with Crippen molar-refractivity contribution in [3.8, 4) is 0 Å². The minimum absolute atomic E-state index is 0.0592. The van der Waals surface area contributed by atoms with Gasteiger partial charge in [0.05, 0.1) is 11.6 Å². The van der Waals surface area contributed by atoms with Gasteiger partial charge in [-0.05, 0) is 13.5 Å². The number of nitrogens with one attached hydrogen (secondary N) is 2. The van der Waals surface area contributed by atoms with Crippen molar-refractivity contribution < 1.29 is 4.79 Å². The standard InChI is InChI=1S/C14H27N5O/c1-7-16-8-12-11(3)17-19(6)14(12)18(5)9-10(2)13(20)15-4/h10,16H,7-9H2,1-6H3,(H,15,20). The minimum atomic E-state index is -0.0628. The van der Waals surface area contributed by atoms with Gasteiger partial charge in [0.25, 0.3) is 0 Å². The van der Waals surface area contributed by atoms with E-state index in [1.807, 2.05) is 32.6 Å². The van der Waals surface area contributed by atoms with Crippen LogP contribution in [0.2, 0.25) is 0 Å². The van der Waals surface area contributed by atoms with Gasteiger partial charge in [0.2, 0.25) is 5.91 Å². The lowest BCUT2D eigenvalue weighted by molar-refractivity contribution is -0.123. The lowest BCUT2D eigenvalue weighted by atomic mass is 10.1. The smallest absolute Gasteiger partial charge is 0.224 e. The number of carbonyl (C=O) groups is 1. The zero-order valence-corrected chi connectivity index (χ0v) is 13.4. The number of hydrogen-bond donors (Lipinski definition) is 2. The number of carbonyl (C=O) groups excluding carboxylic acids is 1. The van der Waals surface area contributed by atoms with E-state index in [0.717, 1.165) is 24.6 Å². The van der Waals surface area contributed by atoms with Crippen LogP contribution in [-0.2, 0) is 18.4 Å². The summed E-state index contributed by atoms with van der Waals surface area (Å²) >= 11 is 0. The van der Waals surface area contributed by atoms with Crippen molar-refractivity contribution in [2.24, 2.45) is 13.0 Å². The van der Waals surface area contributed by atoms with Crippen LogP contribution in [0, 0.1) is 12.8 Å². The van der Waals surface area contributed by atoms with Gasteiger partial charge in [0.1, 0.15) is 5.82 Å². The molecule has 0 aliphatic rings. The Balaban J connectivity index is 2.91. The van der Waals surface area contributed by atoms with E-state index in [1.54, 1.807) is 7.05 Å². The second-order valence-corrected chi connectivity index (χ2v) is 5.19. The molecule has 1 heterocycles. The molecule has 2 N–H and O–H groups in total. The average molecular weight is 281 g/mol. The van der Waals surface area contributed by atoms with Gasteiger partial charge in [-0.2, -0.15) is 5.10 Å².